The normalized spacial score (nSPS) is 45.1. The summed E-state index contributed by atoms with van der Waals surface area (Å²) in [6, 6.07) is 0. The van der Waals surface area contributed by atoms with Crippen LogP contribution in [0.25, 0.3) is 0 Å². The van der Waals surface area contributed by atoms with Gasteiger partial charge in [0, 0.05) is 11.8 Å². The van der Waals surface area contributed by atoms with Crippen molar-refractivity contribution in [1.29, 1.82) is 0 Å². The summed E-state index contributed by atoms with van der Waals surface area (Å²) in [6.45, 7) is 3.72. The molecule has 0 N–H and O–H groups in total. The number of rotatable bonds is 3. The Bertz CT molecular complexity index is 469. The summed E-state index contributed by atoms with van der Waals surface area (Å²) in [5.74, 6) is -0.260. The molecule has 5 nitrogen and oxygen atoms in total. The molecule has 18 heavy (non-hydrogen) atoms. The largest absolute Gasteiger partial charge is 0.460 e. The molecule has 1 heterocycles. The smallest absolute Gasteiger partial charge is 0.308 e. The molecule has 2 bridgehead atoms. The first-order chi connectivity index (χ1) is 8.44. The number of ether oxygens (including phenoxy) is 1. The van der Waals surface area contributed by atoms with Crippen LogP contribution in [-0.2, 0) is 23.8 Å². The van der Waals surface area contributed by atoms with E-state index < -0.39 is 21.5 Å². The molecule has 0 aromatic carbocycles. The van der Waals surface area contributed by atoms with Gasteiger partial charge in [-0.25, -0.2) is 0 Å². The van der Waals surface area contributed by atoms with Crippen molar-refractivity contribution in [3.8, 4) is 0 Å². The van der Waals surface area contributed by atoms with Crippen LogP contribution in [0.15, 0.2) is 0 Å². The summed E-state index contributed by atoms with van der Waals surface area (Å²) < 4.78 is 34.4. The lowest BCUT2D eigenvalue weighted by atomic mass is 9.94. The lowest BCUT2D eigenvalue weighted by molar-refractivity contribution is -0.155. The van der Waals surface area contributed by atoms with Crippen molar-refractivity contribution >= 4 is 16.1 Å². The summed E-state index contributed by atoms with van der Waals surface area (Å²) >= 11 is 0. The summed E-state index contributed by atoms with van der Waals surface area (Å²) in [6.07, 6.45) is 1.58. The quantitative estimate of drug-likeness (QED) is 0.569. The molecule has 3 aliphatic rings. The molecule has 3 fully saturated rings. The Labute approximate surface area is 107 Å². The molecular weight excluding hydrogens is 256 g/mol. The molecule has 1 aliphatic heterocycles. The molecule has 6 unspecified atom stereocenters. The van der Waals surface area contributed by atoms with E-state index in [-0.39, 0.29) is 29.8 Å². The van der Waals surface area contributed by atoms with E-state index in [1.807, 2.05) is 6.92 Å². The third-order valence-corrected chi connectivity index (χ3v) is 6.46. The Morgan fingerprint density at radius 3 is 2.83 bits per heavy atom. The maximum absolute atomic E-state index is 11.9. The van der Waals surface area contributed by atoms with Crippen LogP contribution in [0.1, 0.15) is 33.1 Å². The Morgan fingerprint density at radius 1 is 1.44 bits per heavy atom. The minimum absolute atomic E-state index is 0.0368. The molecule has 0 aromatic heterocycles. The fourth-order valence-corrected chi connectivity index (χ4v) is 5.52. The highest BCUT2D eigenvalue weighted by atomic mass is 32.2. The lowest BCUT2D eigenvalue weighted by Gasteiger charge is -2.25. The molecule has 2 saturated carbocycles. The van der Waals surface area contributed by atoms with Crippen LogP contribution < -0.4 is 0 Å². The Morgan fingerprint density at radius 2 is 2.17 bits per heavy atom. The van der Waals surface area contributed by atoms with Crippen molar-refractivity contribution in [2.75, 3.05) is 0 Å². The molecule has 0 amide bonds. The molecule has 6 heteroatoms. The fourth-order valence-electron chi connectivity index (χ4n) is 3.50. The van der Waals surface area contributed by atoms with Crippen LogP contribution in [0.4, 0.5) is 0 Å². The van der Waals surface area contributed by atoms with Crippen LogP contribution in [0, 0.1) is 17.8 Å². The van der Waals surface area contributed by atoms with E-state index in [1.165, 1.54) is 0 Å². The lowest BCUT2D eigenvalue weighted by Crippen LogP contribution is -2.40. The van der Waals surface area contributed by atoms with E-state index in [1.54, 1.807) is 6.92 Å². The fraction of sp³-hybridized carbons (Fsp3) is 0.917. The molecular formula is C12H18O5S. The zero-order chi connectivity index (χ0) is 13.1. The number of carbonyl (C=O) groups excluding carboxylic acids is 1. The first kappa shape index (κ1) is 12.4. The van der Waals surface area contributed by atoms with Gasteiger partial charge in [-0.05, 0) is 19.3 Å². The molecule has 0 radical (unpaired) electrons. The van der Waals surface area contributed by atoms with Gasteiger partial charge in [0.25, 0.3) is 10.1 Å². The van der Waals surface area contributed by atoms with Crippen LogP contribution >= 0.6 is 0 Å². The first-order valence-electron chi connectivity index (χ1n) is 6.56. The van der Waals surface area contributed by atoms with Gasteiger partial charge in [-0.1, -0.05) is 13.8 Å². The average molecular weight is 274 g/mol. The SMILES string of the molecule is CCC(C)C(=O)OC1C2CC3OS(=O)(=O)C1C3C2. The van der Waals surface area contributed by atoms with Gasteiger partial charge >= 0.3 is 5.97 Å². The molecule has 6 atom stereocenters. The second-order valence-electron chi connectivity index (χ2n) is 5.70. The molecule has 0 aromatic rings. The van der Waals surface area contributed by atoms with Crippen molar-refractivity contribution in [2.24, 2.45) is 17.8 Å². The minimum Gasteiger partial charge on any atom is -0.460 e. The summed E-state index contributed by atoms with van der Waals surface area (Å²) in [5.41, 5.74) is 0. The van der Waals surface area contributed by atoms with Gasteiger partial charge in [0.2, 0.25) is 0 Å². The Balaban J connectivity index is 1.80. The summed E-state index contributed by atoms with van der Waals surface area (Å²) in [4.78, 5) is 11.8. The predicted octanol–water partition coefficient (Wildman–Crippen LogP) is 1.08. The molecule has 3 rings (SSSR count). The zero-order valence-corrected chi connectivity index (χ0v) is 11.4. The van der Waals surface area contributed by atoms with Gasteiger partial charge in [-0.3, -0.25) is 8.98 Å². The van der Waals surface area contributed by atoms with E-state index >= 15 is 0 Å². The van der Waals surface area contributed by atoms with E-state index in [0.29, 0.717) is 12.8 Å². The van der Waals surface area contributed by atoms with Gasteiger partial charge in [0.15, 0.2) is 0 Å². The van der Waals surface area contributed by atoms with Crippen molar-refractivity contribution < 1.29 is 22.1 Å². The topological polar surface area (TPSA) is 69.7 Å². The second kappa shape index (κ2) is 3.93. The number of esters is 1. The molecule has 102 valence electrons. The predicted molar refractivity (Wildman–Crippen MR) is 63.1 cm³/mol. The number of carbonyl (C=O) groups is 1. The van der Waals surface area contributed by atoms with Crippen LogP contribution in [-0.4, -0.2) is 31.8 Å². The highest BCUT2D eigenvalue weighted by molar-refractivity contribution is 7.87. The van der Waals surface area contributed by atoms with E-state index in [9.17, 15) is 13.2 Å². The van der Waals surface area contributed by atoms with Crippen molar-refractivity contribution in [1.82, 2.24) is 0 Å². The third kappa shape index (κ3) is 1.61. The second-order valence-corrected chi connectivity index (χ2v) is 7.42. The van der Waals surface area contributed by atoms with Gasteiger partial charge < -0.3 is 4.74 Å². The molecule has 2 aliphatic carbocycles. The average Bonchev–Trinajstić information content (AvgIpc) is 2.88. The zero-order valence-electron chi connectivity index (χ0n) is 10.5. The first-order valence-corrected chi connectivity index (χ1v) is 8.03. The Hall–Kier alpha value is -0.620. The van der Waals surface area contributed by atoms with Gasteiger partial charge in [0.1, 0.15) is 11.4 Å². The third-order valence-electron chi connectivity index (χ3n) is 4.66. The van der Waals surface area contributed by atoms with Crippen molar-refractivity contribution in [3.05, 3.63) is 0 Å². The van der Waals surface area contributed by atoms with Crippen molar-refractivity contribution in [2.45, 2.75) is 50.6 Å². The number of fused-ring (bicyclic) bond motifs is 1. The Kier molecular flexibility index (Phi) is 2.71. The van der Waals surface area contributed by atoms with Gasteiger partial charge in [-0.15, -0.1) is 0 Å². The highest BCUT2D eigenvalue weighted by Gasteiger charge is 2.66. The van der Waals surface area contributed by atoms with Gasteiger partial charge in [-0.2, -0.15) is 8.42 Å². The maximum Gasteiger partial charge on any atom is 0.308 e. The number of hydrogen-bond donors (Lipinski definition) is 0. The van der Waals surface area contributed by atoms with Gasteiger partial charge in [0.05, 0.1) is 12.0 Å². The van der Waals surface area contributed by atoms with Crippen LogP contribution in [0.5, 0.6) is 0 Å². The van der Waals surface area contributed by atoms with E-state index in [0.717, 1.165) is 6.42 Å². The standard InChI is InChI=1S/C12H18O5S/c1-3-6(2)12(13)16-10-7-4-8-9(5-7)17-18(14,15)11(8)10/h6-11H,3-5H2,1-2H3. The molecule has 1 saturated heterocycles. The number of hydrogen-bond acceptors (Lipinski definition) is 5. The minimum atomic E-state index is -3.54. The highest BCUT2D eigenvalue weighted by Crippen LogP contribution is 2.55. The summed E-state index contributed by atoms with van der Waals surface area (Å²) in [5, 5.41) is -0.616. The van der Waals surface area contributed by atoms with Crippen LogP contribution in [0.3, 0.4) is 0 Å². The van der Waals surface area contributed by atoms with Crippen molar-refractivity contribution in [3.63, 3.8) is 0 Å². The van der Waals surface area contributed by atoms with E-state index in [2.05, 4.69) is 0 Å². The van der Waals surface area contributed by atoms with Crippen LogP contribution in [0.2, 0.25) is 0 Å². The van der Waals surface area contributed by atoms with E-state index in [4.69, 9.17) is 8.92 Å². The summed E-state index contributed by atoms with van der Waals surface area (Å²) in [7, 11) is -3.54. The maximum atomic E-state index is 11.9. The monoisotopic (exact) mass is 274 g/mol. The molecule has 0 spiro atoms.